The van der Waals surface area contributed by atoms with Crippen molar-refractivity contribution in [2.24, 2.45) is 0 Å². The highest BCUT2D eigenvalue weighted by atomic mass is 19.3. The van der Waals surface area contributed by atoms with E-state index in [0.29, 0.717) is 23.4 Å². The molecule has 1 aromatic heterocycles. The molecule has 1 N–H and O–H groups in total. The lowest BCUT2D eigenvalue weighted by Gasteiger charge is -2.32. The zero-order valence-electron chi connectivity index (χ0n) is 21.1. The zero-order valence-corrected chi connectivity index (χ0v) is 21.1. The molecule has 3 aromatic rings. The molecule has 1 unspecified atom stereocenters. The van der Waals surface area contributed by atoms with Crippen molar-refractivity contribution in [2.45, 2.75) is 31.2 Å². The number of rotatable bonds is 4. The first-order valence-corrected chi connectivity index (χ1v) is 12.4. The van der Waals surface area contributed by atoms with Crippen LogP contribution in [-0.2, 0) is 11.2 Å². The van der Waals surface area contributed by atoms with Gasteiger partial charge >= 0.3 is 6.03 Å². The number of likely N-dealkylation sites (N-methyl/N-ethyl adjacent to an activating group) is 1. The summed E-state index contributed by atoms with van der Waals surface area (Å²) in [6, 6.07) is 8.96. The van der Waals surface area contributed by atoms with E-state index in [1.807, 2.05) is 0 Å². The summed E-state index contributed by atoms with van der Waals surface area (Å²) >= 11 is 0. The van der Waals surface area contributed by atoms with Crippen LogP contribution in [0.2, 0.25) is 0 Å². The van der Waals surface area contributed by atoms with Crippen LogP contribution in [0.3, 0.4) is 0 Å². The van der Waals surface area contributed by atoms with Crippen LogP contribution in [0.1, 0.15) is 34.3 Å². The summed E-state index contributed by atoms with van der Waals surface area (Å²) in [6.07, 6.45) is 2.56. The van der Waals surface area contributed by atoms with E-state index in [4.69, 9.17) is 4.74 Å². The van der Waals surface area contributed by atoms with Gasteiger partial charge in [0.2, 0.25) is 0 Å². The van der Waals surface area contributed by atoms with Gasteiger partial charge in [-0.1, -0.05) is 12.1 Å². The Morgan fingerprint density at radius 2 is 1.90 bits per heavy atom. The highest BCUT2D eigenvalue weighted by Crippen LogP contribution is 2.33. The number of alkyl halides is 2. The minimum absolute atomic E-state index is 0.0559. The SMILES string of the molecule is CN1C(=O)C(NC(=O)n2cc(Cc3cccc(F)c3)cn2)COc2ccc(C(=O)N3CCC(F)(F)CC3)cc21. The maximum Gasteiger partial charge on any atom is 0.342 e. The number of amides is 3. The van der Waals surface area contributed by atoms with E-state index in [0.717, 1.165) is 10.2 Å². The molecule has 0 spiro atoms. The van der Waals surface area contributed by atoms with Crippen LogP contribution in [0.25, 0.3) is 0 Å². The van der Waals surface area contributed by atoms with Crippen LogP contribution in [-0.4, -0.2) is 71.2 Å². The molecule has 3 amide bonds. The molecule has 2 aliphatic heterocycles. The zero-order chi connectivity index (χ0) is 27.7. The summed E-state index contributed by atoms with van der Waals surface area (Å²) in [7, 11) is 1.50. The van der Waals surface area contributed by atoms with Crippen LogP contribution < -0.4 is 15.0 Å². The van der Waals surface area contributed by atoms with Gasteiger partial charge in [0.05, 0.1) is 11.9 Å². The van der Waals surface area contributed by atoms with Crippen LogP contribution in [0, 0.1) is 5.82 Å². The van der Waals surface area contributed by atoms with Gasteiger partial charge in [0, 0.05) is 51.2 Å². The van der Waals surface area contributed by atoms with Crippen molar-refractivity contribution in [1.82, 2.24) is 20.0 Å². The number of piperidine rings is 1. The molecule has 12 heteroatoms. The topological polar surface area (TPSA) is 96.8 Å². The van der Waals surface area contributed by atoms with Gasteiger partial charge in [0.15, 0.2) is 0 Å². The second-order valence-electron chi connectivity index (χ2n) is 9.64. The van der Waals surface area contributed by atoms with E-state index in [1.165, 1.54) is 53.5 Å². The predicted octanol–water partition coefficient (Wildman–Crippen LogP) is 3.47. The number of hydrogen-bond donors (Lipinski definition) is 1. The third-order valence-corrected chi connectivity index (χ3v) is 6.82. The number of hydrogen-bond acceptors (Lipinski definition) is 5. The summed E-state index contributed by atoms with van der Waals surface area (Å²) in [5, 5.41) is 6.66. The minimum atomic E-state index is -2.77. The van der Waals surface area contributed by atoms with E-state index in [9.17, 15) is 27.6 Å². The maximum atomic E-state index is 13.5. The van der Waals surface area contributed by atoms with Gasteiger partial charge in [0.1, 0.15) is 24.2 Å². The Morgan fingerprint density at radius 1 is 1.13 bits per heavy atom. The first kappa shape index (κ1) is 26.3. The molecule has 1 atom stereocenters. The Bertz CT molecular complexity index is 1420. The molecule has 0 aliphatic carbocycles. The van der Waals surface area contributed by atoms with Crippen LogP contribution in [0.5, 0.6) is 5.75 Å². The molecule has 39 heavy (non-hydrogen) atoms. The fourth-order valence-electron chi connectivity index (χ4n) is 4.61. The molecule has 0 radical (unpaired) electrons. The van der Waals surface area contributed by atoms with Crippen LogP contribution in [0.4, 0.5) is 23.7 Å². The Balaban J connectivity index is 1.25. The molecule has 1 saturated heterocycles. The van der Waals surface area contributed by atoms with Gasteiger partial charge in [-0.2, -0.15) is 9.78 Å². The third-order valence-electron chi connectivity index (χ3n) is 6.82. The van der Waals surface area contributed by atoms with E-state index in [2.05, 4.69) is 10.4 Å². The van der Waals surface area contributed by atoms with Gasteiger partial charge in [-0.25, -0.2) is 18.0 Å². The largest absolute Gasteiger partial charge is 0.489 e. The lowest BCUT2D eigenvalue weighted by molar-refractivity contribution is -0.120. The Morgan fingerprint density at radius 3 is 2.64 bits per heavy atom. The van der Waals surface area contributed by atoms with Crippen molar-refractivity contribution in [1.29, 1.82) is 0 Å². The second-order valence-corrected chi connectivity index (χ2v) is 9.64. The van der Waals surface area contributed by atoms with Gasteiger partial charge in [-0.05, 0) is 41.5 Å². The number of ether oxygens (including phenoxy) is 1. The summed E-state index contributed by atoms with van der Waals surface area (Å²) < 4.78 is 47.3. The molecule has 3 heterocycles. The van der Waals surface area contributed by atoms with Gasteiger partial charge < -0.3 is 19.9 Å². The van der Waals surface area contributed by atoms with Crippen molar-refractivity contribution in [3.05, 3.63) is 77.4 Å². The van der Waals surface area contributed by atoms with Gasteiger partial charge in [-0.15, -0.1) is 0 Å². The lowest BCUT2D eigenvalue weighted by Crippen LogP contribution is -2.50. The quantitative estimate of drug-likeness (QED) is 0.546. The monoisotopic (exact) mass is 541 g/mol. The van der Waals surface area contributed by atoms with Crippen LogP contribution >= 0.6 is 0 Å². The molecule has 0 bridgehead atoms. The first-order chi connectivity index (χ1) is 18.6. The number of carbonyl (C=O) groups excluding carboxylic acids is 3. The minimum Gasteiger partial charge on any atom is -0.489 e. The van der Waals surface area contributed by atoms with Gasteiger partial charge in [-0.3, -0.25) is 9.59 Å². The van der Waals surface area contributed by atoms with Crippen molar-refractivity contribution in [2.75, 3.05) is 31.6 Å². The molecule has 1 fully saturated rings. The summed E-state index contributed by atoms with van der Waals surface area (Å²) in [5.74, 6) is -3.68. The third kappa shape index (κ3) is 5.74. The number of nitrogens with zero attached hydrogens (tertiary/aromatic N) is 4. The number of likely N-dealkylation sites (tertiary alicyclic amines) is 1. The summed E-state index contributed by atoms with van der Waals surface area (Å²) in [6.45, 7) is -0.271. The van der Waals surface area contributed by atoms with Gasteiger partial charge in [0.25, 0.3) is 17.7 Å². The van der Waals surface area contributed by atoms with Crippen molar-refractivity contribution in [3.63, 3.8) is 0 Å². The Hall–Kier alpha value is -4.35. The molecule has 5 rings (SSSR count). The van der Waals surface area contributed by atoms with Crippen molar-refractivity contribution >= 4 is 23.5 Å². The second kappa shape index (κ2) is 10.4. The molecular weight excluding hydrogens is 515 g/mol. The number of anilines is 1. The Kier molecular flexibility index (Phi) is 7.02. The number of benzene rings is 2. The predicted molar refractivity (Wildman–Crippen MR) is 135 cm³/mol. The van der Waals surface area contributed by atoms with E-state index in [-0.39, 0.29) is 31.1 Å². The normalized spacial score (nSPS) is 18.7. The van der Waals surface area contributed by atoms with E-state index < -0.39 is 42.7 Å². The average Bonchev–Trinajstić information content (AvgIpc) is 3.34. The summed E-state index contributed by atoms with van der Waals surface area (Å²) in [4.78, 5) is 41.6. The standard InChI is InChI=1S/C27H26F3N5O4/c1-33-22-13-19(24(36)34-9-7-27(29,30)8-10-34)5-6-23(22)39-16-21(25(33)37)32-26(38)35-15-18(14-31-35)11-17-3-2-4-20(28)12-17/h2-6,12-15,21H,7-11,16H2,1H3,(H,32,38). The number of aromatic nitrogens is 2. The molecule has 2 aromatic carbocycles. The Labute approximate surface area is 222 Å². The first-order valence-electron chi connectivity index (χ1n) is 12.4. The summed E-state index contributed by atoms with van der Waals surface area (Å²) in [5.41, 5.74) is 1.96. The molecule has 0 saturated carbocycles. The van der Waals surface area contributed by atoms with E-state index in [1.54, 1.807) is 18.2 Å². The maximum absolute atomic E-state index is 13.5. The fraction of sp³-hybridized carbons (Fsp3) is 0.333. The number of nitrogens with one attached hydrogen (secondary N) is 1. The molecule has 2 aliphatic rings. The highest BCUT2D eigenvalue weighted by Gasteiger charge is 2.36. The molecular formula is C27H26F3N5O4. The number of fused-ring (bicyclic) bond motifs is 1. The fourth-order valence-corrected chi connectivity index (χ4v) is 4.61. The van der Waals surface area contributed by atoms with Crippen molar-refractivity contribution < 1.29 is 32.3 Å². The number of halogens is 3. The molecule has 204 valence electrons. The smallest absolute Gasteiger partial charge is 0.342 e. The lowest BCUT2D eigenvalue weighted by atomic mass is 10.0. The molecule has 9 nitrogen and oxygen atoms in total. The van der Waals surface area contributed by atoms with Crippen molar-refractivity contribution in [3.8, 4) is 5.75 Å². The average molecular weight is 542 g/mol. The number of carbonyl (C=O) groups is 3. The highest BCUT2D eigenvalue weighted by molar-refractivity contribution is 6.02. The van der Waals surface area contributed by atoms with E-state index >= 15 is 0 Å². The van der Waals surface area contributed by atoms with Crippen LogP contribution in [0.15, 0.2) is 54.9 Å².